The van der Waals surface area contributed by atoms with Gasteiger partial charge in [-0.3, -0.25) is 4.98 Å². The van der Waals surface area contributed by atoms with Crippen LogP contribution in [0.5, 0.6) is 5.88 Å². The molecule has 3 rings (SSSR count). The van der Waals surface area contributed by atoms with Gasteiger partial charge < -0.3 is 20.3 Å². The van der Waals surface area contributed by atoms with Crippen molar-refractivity contribution < 1.29 is 4.74 Å². The molecule has 1 fully saturated rings. The zero-order chi connectivity index (χ0) is 14.7. The van der Waals surface area contributed by atoms with Gasteiger partial charge in [-0.25, -0.2) is 4.98 Å². The van der Waals surface area contributed by atoms with E-state index >= 15 is 0 Å². The standard InChI is InChI=1S/C14H18N6O/c1-21-14-10-16-9-13(18-14)20-6-4-19(5-7-20)12-3-2-11(15)8-17-12/h2-3,8-10H,4-7,15H2,1H3. The van der Waals surface area contributed by atoms with Crippen LogP contribution in [0.1, 0.15) is 0 Å². The maximum Gasteiger partial charge on any atom is 0.233 e. The van der Waals surface area contributed by atoms with Crippen LogP contribution in [0, 0.1) is 0 Å². The lowest BCUT2D eigenvalue weighted by atomic mass is 10.3. The highest BCUT2D eigenvalue weighted by Crippen LogP contribution is 2.19. The molecule has 0 radical (unpaired) electrons. The van der Waals surface area contributed by atoms with Crippen molar-refractivity contribution in [3.05, 3.63) is 30.7 Å². The van der Waals surface area contributed by atoms with Crippen molar-refractivity contribution in [3.63, 3.8) is 0 Å². The second-order valence-electron chi connectivity index (χ2n) is 4.84. The monoisotopic (exact) mass is 286 g/mol. The summed E-state index contributed by atoms with van der Waals surface area (Å²) in [5, 5.41) is 0. The Morgan fingerprint density at radius 2 is 1.71 bits per heavy atom. The van der Waals surface area contributed by atoms with Gasteiger partial charge in [0.05, 0.1) is 31.4 Å². The lowest BCUT2D eigenvalue weighted by molar-refractivity contribution is 0.395. The number of anilines is 3. The van der Waals surface area contributed by atoms with E-state index in [0.29, 0.717) is 11.6 Å². The Balaban J connectivity index is 1.65. The van der Waals surface area contributed by atoms with Gasteiger partial charge in [0.15, 0.2) is 5.82 Å². The molecule has 0 spiro atoms. The van der Waals surface area contributed by atoms with Crippen molar-refractivity contribution in [3.8, 4) is 5.88 Å². The molecule has 3 heterocycles. The Kier molecular flexibility index (Phi) is 3.72. The Morgan fingerprint density at radius 3 is 2.33 bits per heavy atom. The van der Waals surface area contributed by atoms with Gasteiger partial charge in [0, 0.05) is 26.2 Å². The molecule has 0 aliphatic carbocycles. The number of hydrogen-bond donors (Lipinski definition) is 1. The summed E-state index contributed by atoms with van der Waals surface area (Å²) in [7, 11) is 1.60. The smallest absolute Gasteiger partial charge is 0.233 e. The van der Waals surface area contributed by atoms with E-state index in [1.807, 2.05) is 12.1 Å². The number of ether oxygens (including phenoxy) is 1. The Hall–Kier alpha value is -2.57. The van der Waals surface area contributed by atoms with Crippen LogP contribution in [0.25, 0.3) is 0 Å². The fourth-order valence-electron chi connectivity index (χ4n) is 2.34. The van der Waals surface area contributed by atoms with E-state index < -0.39 is 0 Å². The molecule has 21 heavy (non-hydrogen) atoms. The van der Waals surface area contributed by atoms with Crippen molar-refractivity contribution in [2.75, 3.05) is 48.8 Å². The Bertz CT molecular complexity index is 595. The van der Waals surface area contributed by atoms with E-state index in [9.17, 15) is 0 Å². The first-order valence-corrected chi connectivity index (χ1v) is 6.84. The van der Waals surface area contributed by atoms with E-state index in [0.717, 1.165) is 37.8 Å². The quantitative estimate of drug-likeness (QED) is 0.893. The van der Waals surface area contributed by atoms with Crippen molar-refractivity contribution in [1.29, 1.82) is 0 Å². The van der Waals surface area contributed by atoms with Crippen molar-refractivity contribution in [1.82, 2.24) is 15.0 Å². The highest BCUT2D eigenvalue weighted by atomic mass is 16.5. The van der Waals surface area contributed by atoms with Crippen LogP contribution in [-0.2, 0) is 0 Å². The fraction of sp³-hybridized carbons (Fsp3) is 0.357. The van der Waals surface area contributed by atoms with Crippen LogP contribution in [0.4, 0.5) is 17.3 Å². The summed E-state index contributed by atoms with van der Waals surface area (Å²) in [6.07, 6.45) is 5.06. The van der Waals surface area contributed by atoms with E-state index in [1.165, 1.54) is 0 Å². The molecule has 2 aromatic rings. The largest absolute Gasteiger partial charge is 0.480 e. The fourth-order valence-corrected chi connectivity index (χ4v) is 2.34. The maximum absolute atomic E-state index is 5.67. The minimum atomic E-state index is 0.537. The van der Waals surface area contributed by atoms with Gasteiger partial charge in [-0.2, -0.15) is 4.98 Å². The normalized spacial score (nSPS) is 15.1. The van der Waals surface area contributed by atoms with Crippen molar-refractivity contribution in [2.24, 2.45) is 0 Å². The van der Waals surface area contributed by atoms with Gasteiger partial charge in [-0.05, 0) is 12.1 Å². The molecule has 1 aliphatic heterocycles. The van der Waals surface area contributed by atoms with Gasteiger partial charge in [0.2, 0.25) is 5.88 Å². The number of piperazine rings is 1. The summed E-state index contributed by atoms with van der Waals surface area (Å²) in [6.45, 7) is 3.51. The molecular formula is C14H18N6O. The third-order valence-corrected chi connectivity index (χ3v) is 3.51. The molecule has 0 bridgehead atoms. The van der Waals surface area contributed by atoms with E-state index in [-0.39, 0.29) is 0 Å². The average Bonchev–Trinajstić information content (AvgIpc) is 2.56. The topological polar surface area (TPSA) is 80.4 Å². The zero-order valence-electron chi connectivity index (χ0n) is 11.9. The van der Waals surface area contributed by atoms with E-state index in [1.54, 1.807) is 25.7 Å². The van der Waals surface area contributed by atoms with Crippen LogP contribution in [0.3, 0.4) is 0 Å². The summed E-state index contributed by atoms with van der Waals surface area (Å²) >= 11 is 0. The van der Waals surface area contributed by atoms with Crippen LogP contribution in [0.15, 0.2) is 30.7 Å². The lowest BCUT2D eigenvalue weighted by Crippen LogP contribution is -2.47. The second kappa shape index (κ2) is 5.82. The summed E-state index contributed by atoms with van der Waals surface area (Å²) in [5.41, 5.74) is 6.35. The second-order valence-corrected chi connectivity index (χ2v) is 4.84. The highest BCUT2D eigenvalue weighted by molar-refractivity contribution is 5.48. The van der Waals surface area contributed by atoms with Gasteiger partial charge in [0.25, 0.3) is 0 Å². The highest BCUT2D eigenvalue weighted by Gasteiger charge is 2.19. The SMILES string of the molecule is COc1cncc(N2CCN(c3ccc(N)cn3)CC2)n1. The summed E-state index contributed by atoms with van der Waals surface area (Å²) in [5.74, 6) is 2.34. The number of nitrogen functional groups attached to an aromatic ring is 1. The maximum atomic E-state index is 5.67. The predicted molar refractivity (Wildman–Crippen MR) is 81.7 cm³/mol. The third kappa shape index (κ3) is 2.96. The number of hydrogen-bond acceptors (Lipinski definition) is 7. The summed E-state index contributed by atoms with van der Waals surface area (Å²) in [4.78, 5) is 17.4. The zero-order valence-corrected chi connectivity index (χ0v) is 11.9. The number of nitrogens with zero attached hydrogens (tertiary/aromatic N) is 5. The van der Waals surface area contributed by atoms with Crippen LogP contribution in [-0.4, -0.2) is 48.2 Å². The predicted octanol–water partition coefficient (Wildman–Crippen LogP) is 0.789. The molecule has 1 saturated heterocycles. The van der Waals surface area contributed by atoms with Gasteiger partial charge >= 0.3 is 0 Å². The molecule has 0 saturated carbocycles. The van der Waals surface area contributed by atoms with Crippen LogP contribution >= 0.6 is 0 Å². The number of nitrogens with two attached hydrogens (primary N) is 1. The lowest BCUT2D eigenvalue weighted by Gasteiger charge is -2.35. The molecular weight excluding hydrogens is 268 g/mol. The first-order chi connectivity index (χ1) is 10.3. The molecule has 0 amide bonds. The number of aromatic nitrogens is 3. The molecule has 2 aromatic heterocycles. The number of methoxy groups -OCH3 is 1. The Morgan fingerprint density at radius 1 is 1.00 bits per heavy atom. The molecule has 7 nitrogen and oxygen atoms in total. The molecule has 7 heteroatoms. The molecule has 2 N–H and O–H groups in total. The summed E-state index contributed by atoms with van der Waals surface area (Å²) < 4.78 is 5.11. The van der Waals surface area contributed by atoms with E-state index in [4.69, 9.17) is 10.5 Å². The first-order valence-electron chi connectivity index (χ1n) is 6.84. The average molecular weight is 286 g/mol. The minimum absolute atomic E-state index is 0.537. The molecule has 0 aromatic carbocycles. The minimum Gasteiger partial charge on any atom is -0.480 e. The number of pyridine rings is 1. The molecule has 1 aliphatic rings. The molecule has 110 valence electrons. The number of rotatable bonds is 3. The van der Waals surface area contributed by atoms with E-state index in [2.05, 4.69) is 24.8 Å². The van der Waals surface area contributed by atoms with Crippen LogP contribution in [0.2, 0.25) is 0 Å². The van der Waals surface area contributed by atoms with Crippen LogP contribution < -0.4 is 20.3 Å². The van der Waals surface area contributed by atoms with Crippen molar-refractivity contribution >= 4 is 17.3 Å². The van der Waals surface area contributed by atoms with Gasteiger partial charge in [0.1, 0.15) is 5.82 Å². The molecule has 0 unspecified atom stereocenters. The van der Waals surface area contributed by atoms with Gasteiger partial charge in [-0.15, -0.1) is 0 Å². The van der Waals surface area contributed by atoms with Crippen molar-refractivity contribution in [2.45, 2.75) is 0 Å². The Labute approximate surface area is 123 Å². The molecule has 0 atom stereocenters. The third-order valence-electron chi connectivity index (χ3n) is 3.51. The summed E-state index contributed by atoms with van der Waals surface area (Å²) in [6, 6.07) is 3.83. The van der Waals surface area contributed by atoms with Gasteiger partial charge in [-0.1, -0.05) is 0 Å². The first kappa shape index (κ1) is 13.4.